The van der Waals surface area contributed by atoms with Crippen LogP contribution in [0, 0.1) is 10.1 Å². The van der Waals surface area contributed by atoms with Gasteiger partial charge in [0, 0.05) is 24.1 Å². The summed E-state index contributed by atoms with van der Waals surface area (Å²) in [7, 11) is 0. The first kappa shape index (κ1) is 14.7. The van der Waals surface area contributed by atoms with Crippen LogP contribution in [0.2, 0.25) is 0 Å². The number of benzene rings is 1. The van der Waals surface area contributed by atoms with Crippen LogP contribution >= 0.6 is 0 Å². The highest BCUT2D eigenvalue weighted by Gasteiger charge is 2.09. The lowest BCUT2D eigenvalue weighted by atomic mass is 10.3. The number of carbonyl (C=O) groups excluding carboxylic acids is 1. The van der Waals surface area contributed by atoms with E-state index in [-0.39, 0.29) is 12.3 Å². The van der Waals surface area contributed by atoms with Crippen LogP contribution in [0.4, 0.5) is 5.69 Å². The zero-order valence-electron chi connectivity index (χ0n) is 11.6. The SMILES string of the molecule is C=C(C)C(=O)OCCCc1nc2ccc([N+](=O)[O-])cc2[nH]1. The van der Waals surface area contributed by atoms with Crippen LogP contribution in [0.1, 0.15) is 19.2 Å². The number of nitrogens with one attached hydrogen (secondary N) is 1. The minimum Gasteiger partial charge on any atom is -0.462 e. The third-order valence-electron chi connectivity index (χ3n) is 2.86. The highest BCUT2D eigenvalue weighted by molar-refractivity contribution is 5.86. The fourth-order valence-corrected chi connectivity index (χ4v) is 1.81. The molecular weight excluding hydrogens is 274 g/mol. The summed E-state index contributed by atoms with van der Waals surface area (Å²) < 4.78 is 4.98. The van der Waals surface area contributed by atoms with Gasteiger partial charge in [-0.05, 0) is 19.4 Å². The van der Waals surface area contributed by atoms with Gasteiger partial charge in [0.1, 0.15) is 5.82 Å². The van der Waals surface area contributed by atoms with Crippen LogP contribution in [0.25, 0.3) is 11.0 Å². The van der Waals surface area contributed by atoms with Gasteiger partial charge in [-0.2, -0.15) is 0 Å². The van der Waals surface area contributed by atoms with Crippen molar-refractivity contribution in [2.75, 3.05) is 6.61 Å². The standard InChI is InChI=1S/C14H15N3O4/c1-9(2)14(18)21-7-3-4-13-15-11-6-5-10(17(19)20)8-12(11)16-13/h5-6,8H,1,3-4,7H2,2H3,(H,15,16). The largest absolute Gasteiger partial charge is 0.462 e. The van der Waals surface area contributed by atoms with E-state index in [9.17, 15) is 14.9 Å². The van der Waals surface area contributed by atoms with Crippen molar-refractivity contribution in [1.29, 1.82) is 0 Å². The summed E-state index contributed by atoms with van der Waals surface area (Å²) in [5.74, 6) is 0.298. The Morgan fingerprint density at radius 3 is 2.95 bits per heavy atom. The number of aryl methyl sites for hydroxylation is 1. The highest BCUT2D eigenvalue weighted by Crippen LogP contribution is 2.19. The van der Waals surface area contributed by atoms with E-state index in [1.165, 1.54) is 12.1 Å². The molecule has 0 saturated heterocycles. The summed E-state index contributed by atoms with van der Waals surface area (Å²) in [6.45, 7) is 5.37. The molecular formula is C14H15N3O4. The van der Waals surface area contributed by atoms with Gasteiger partial charge in [0.25, 0.3) is 5.69 Å². The second kappa shape index (κ2) is 6.17. The normalized spacial score (nSPS) is 10.5. The zero-order valence-corrected chi connectivity index (χ0v) is 11.6. The summed E-state index contributed by atoms with van der Waals surface area (Å²) >= 11 is 0. The van der Waals surface area contributed by atoms with Gasteiger partial charge in [-0.3, -0.25) is 10.1 Å². The van der Waals surface area contributed by atoms with Crippen LogP contribution in [-0.2, 0) is 16.0 Å². The van der Waals surface area contributed by atoms with Gasteiger partial charge >= 0.3 is 5.97 Å². The molecule has 2 aromatic rings. The monoisotopic (exact) mass is 289 g/mol. The van der Waals surface area contributed by atoms with Crippen molar-refractivity contribution >= 4 is 22.7 Å². The molecule has 1 N–H and O–H groups in total. The van der Waals surface area contributed by atoms with Crippen molar-refractivity contribution in [1.82, 2.24) is 9.97 Å². The molecule has 0 spiro atoms. The van der Waals surface area contributed by atoms with Crippen molar-refractivity contribution in [3.63, 3.8) is 0 Å². The molecule has 1 aromatic heterocycles. The number of nitrogens with zero attached hydrogens (tertiary/aromatic N) is 2. The number of ether oxygens (including phenoxy) is 1. The third-order valence-corrected chi connectivity index (χ3v) is 2.86. The Bertz CT molecular complexity index is 705. The Hall–Kier alpha value is -2.70. The Kier molecular flexibility index (Phi) is 4.32. The molecule has 21 heavy (non-hydrogen) atoms. The average Bonchev–Trinajstić information content (AvgIpc) is 2.84. The summed E-state index contributed by atoms with van der Waals surface area (Å²) in [6, 6.07) is 4.48. The van der Waals surface area contributed by atoms with Crippen molar-refractivity contribution in [2.24, 2.45) is 0 Å². The lowest BCUT2D eigenvalue weighted by Gasteiger charge is -2.02. The van der Waals surface area contributed by atoms with E-state index in [1.54, 1.807) is 13.0 Å². The van der Waals surface area contributed by atoms with E-state index in [1.807, 2.05) is 0 Å². The van der Waals surface area contributed by atoms with Gasteiger partial charge in [0.05, 0.1) is 22.6 Å². The molecule has 1 aromatic carbocycles. The summed E-state index contributed by atoms with van der Waals surface area (Å²) in [5.41, 5.74) is 1.69. The van der Waals surface area contributed by atoms with Gasteiger partial charge in [-0.15, -0.1) is 0 Å². The second-order valence-corrected chi connectivity index (χ2v) is 4.66. The number of aromatic nitrogens is 2. The maximum atomic E-state index is 11.2. The number of nitro benzene ring substituents is 1. The minimum absolute atomic E-state index is 0.0214. The van der Waals surface area contributed by atoms with Crippen molar-refractivity contribution < 1.29 is 14.5 Å². The van der Waals surface area contributed by atoms with Gasteiger partial charge in [0.15, 0.2) is 0 Å². The fraction of sp³-hybridized carbons (Fsp3) is 0.286. The molecule has 0 bridgehead atoms. The predicted molar refractivity (Wildman–Crippen MR) is 76.8 cm³/mol. The molecule has 0 aliphatic rings. The number of esters is 1. The summed E-state index contributed by atoms with van der Waals surface area (Å²) in [6.07, 6.45) is 1.20. The number of nitro groups is 1. The molecule has 0 saturated carbocycles. The lowest BCUT2D eigenvalue weighted by molar-refractivity contribution is -0.384. The summed E-state index contributed by atoms with van der Waals surface area (Å²) in [5, 5.41) is 10.7. The van der Waals surface area contributed by atoms with Gasteiger partial charge in [-0.1, -0.05) is 6.58 Å². The molecule has 0 amide bonds. The molecule has 7 nitrogen and oxygen atoms in total. The van der Waals surface area contributed by atoms with Gasteiger partial charge < -0.3 is 9.72 Å². The maximum absolute atomic E-state index is 11.2. The molecule has 7 heteroatoms. The van der Waals surface area contributed by atoms with Crippen LogP contribution in [0.15, 0.2) is 30.4 Å². The third kappa shape index (κ3) is 3.65. The number of imidazole rings is 1. The smallest absolute Gasteiger partial charge is 0.333 e. The highest BCUT2D eigenvalue weighted by atomic mass is 16.6. The summed E-state index contributed by atoms with van der Waals surface area (Å²) in [4.78, 5) is 28.8. The maximum Gasteiger partial charge on any atom is 0.333 e. The molecule has 1 heterocycles. The lowest BCUT2D eigenvalue weighted by Crippen LogP contribution is -2.07. The number of aromatic amines is 1. The van der Waals surface area contributed by atoms with E-state index in [0.29, 0.717) is 35.3 Å². The second-order valence-electron chi connectivity index (χ2n) is 4.66. The number of hydrogen-bond acceptors (Lipinski definition) is 5. The average molecular weight is 289 g/mol. The Morgan fingerprint density at radius 2 is 2.29 bits per heavy atom. The number of hydrogen-bond donors (Lipinski definition) is 1. The number of rotatable bonds is 6. The Balaban J connectivity index is 1.95. The van der Waals surface area contributed by atoms with Crippen LogP contribution in [-0.4, -0.2) is 27.5 Å². The molecule has 0 aliphatic heterocycles. The first-order valence-electron chi connectivity index (χ1n) is 6.43. The van der Waals surface area contributed by atoms with E-state index < -0.39 is 10.9 Å². The van der Waals surface area contributed by atoms with Crippen LogP contribution in [0.5, 0.6) is 0 Å². The van der Waals surface area contributed by atoms with Crippen LogP contribution in [0.3, 0.4) is 0 Å². The molecule has 0 atom stereocenters. The molecule has 0 unspecified atom stereocenters. The van der Waals surface area contributed by atoms with Crippen LogP contribution < -0.4 is 0 Å². The van der Waals surface area contributed by atoms with Crippen molar-refractivity contribution in [3.05, 3.63) is 46.3 Å². The minimum atomic E-state index is -0.447. The van der Waals surface area contributed by atoms with E-state index in [2.05, 4.69) is 16.5 Å². The molecule has 110 valence electrons. The number of fused-ring (bicyclic) bond motifs is 1. The number of H-pyrrole nitrogens is 1. The van der Waals surface area contributed by atoms with Gasteiger partial charge in [0.2, 0.25) is 0 Å². The molecule has 0 aliphatic carbocycles. The first-order chi connectivity index (χ1) is 9.97. The Morgan fingerprint density at radius 1 is 1.52 bits per heavy atom. The van der Waals surface area contributed by atoms with E-state index in [0.717, 1.165) is 0 Å². The first-order valence-corrected chi connectivity index (χ1v) is 6.43. The number of carbonyl (C=O) groups is 1. The van der Waals surface area contributed by atoms with Crippen molar-refractivity contribution in [2.45, 2.75) is 19.8 Å². The zero-order chi connectivity index (χ0) is 15.4. The predicted octanol–water partition coefficient (Wildman–Crippen LogP) is 2.52. The van der Waals surface area contributed by atoms with E-state index >= 15 is 0 Å². The Labute approximate surface area is 120 Å². The van der Waals surface area contributed by atoms with Crippen molar-refractivity contribution in [3.8, 4) is 0 Å². The van der Waals surface area contributed by atoms with E-state index in [4.69, 9.17) is 4.74 Å². The molecule has 0 fully saturated rings. The quantitative estimate of drug-likeness (QED) is 0.290. The topological polar surface area (TPSA) is 98.1 Å². The number of non-ortho nitro benzene ring substituents is 1. The molecule has 0 radical (unpaired) electrons. The fourth-order valence-electron chi connectivity index (χ4n) is 1.81. The molecule has 2 rings (SSSR count). The van der Waals surface area contributed by atoms with Gasteiger partial charge in [-0.25, -0.2) is 9.78 Å².